The van der Waals surface area contributed by atoms with Gasteiger partial charge >= 0.3 is 12.1 Å². The Balaban J connectivity index is 1.43. The molecule has 0 bridgehead atoms. The molecule has 0 spiro atoms. The van der Waals surface area contributed by atoms with Crippen LogP contribution in [0, 0.1) is 0 Å². The van der Waals surface area contributed by atoms with Gasteiger partial charge in [-0.25, -0.2) is 9.59 Å². The molecule has 1 aliphatic carbocycles. The number of carboxylic acid groups (broad SMARTS) is 1. The molecule has 9 heteroatoms. The van der Waals surface area contributed by atoms with E-state index in [-0.39, 0.29) is 12.5 Å². The van der Waals surface area contributed by atoms with Crippen LogP contribution in [0.5, 0.6) is 0 Å². The number of hydrogen-bond donors (Lipinski definition) is 4. The van der Waals surface area contributed by atoms with Crippen molar-refractivity contribution in [2.45, 2.75) is 18.1 Å². The monoisotopic (exact) mass is 466 g/mol. The molecule has 33 heavy (non-hydrogen) atoms. The molecule has 2 atom stereocenters. The van der Waals surface area contributed by atoms with Gasteiger partial charge in [0.15, 0.2) is 6.10 Å². The summed E-state index contributed by atoms with van der Waals surface area (Å²) in [5, 5.41) is 24.8. The number of hydrogen-bond acceptors (Lipinski definition) is 6. The first-order chi connectivity index (χ1) is 16.0. The number of aliphatic carboxylic acids is 1. The van der Waals surface area contributed by atoms with Crippen LogP contribution in [0.1, 0.15) is 28.0 Å². The highest BCUT2D eigenvalue weighted by Crippen LogP contribution is 2.44. The standard InChI is InChI=1S/C24H22N2O6S/c27-19(23(29)30)12-25-22(28)21(20-10-5-11-33-20)26-24(31)32-13-18-16-8-3-1-6-14(16)15-7-2-4-9-17(15)18/h1-11,18-19,21,27H,12-13H2,(H,25,28)(H,26,31)(H,29,30). The summed E-state index contributed by atoms with van der Waals surface area (Å²) in [5.74, 6) is -2.22. The summed E-state index contributed by atoms with van der Waals surface area (Å²) in [5.41, 5.74) is 4.35. The van der Waals surface area contributed by atoms with Gasteiger partial charge in [-0.3, -0.25) is 4.79 Å². The van der Waals surface area contributed by atoms with Crippen LogP contribution >= 0.6 is 11.3 Å². The Kier molecular flexibility index (Phi) is 6.71. The molecule has 4 rings (SSSR count). The first kappa shape index (κ1) is 22.5. The van der Waals surface area contributed by atoms with Crippen LogP contribution in [-0.2, 0) is 14.3 Å². The van der Waals surface area contributed by atoms with Crippen LogP contribution in [-0.4, -0.2) is 47.4 Å². The molecule has 170 valence electrons. The summed E-state index contributed by atoms with van der Waals surface area (Å²) < 4.78 is 5.51. The third-order valence-corrected chi connectivity index (χ3v) is 6.39. The highest BCUT2D eigenvalue weighted by Gasteiger charge is 2.30. The average molecular weight is 467 g/mol. The zero-order chi connectivity index (χ0) is 23.4. The Morgan fingerprint density at radius 1 is 0.970 bits per heavy atom. The number of thiophene rings is 1. The molecule has 0 fully saturated rings. The minimum atomic E-state index is -1.74. The predicted octanol–water partition coefficient (Wildman–Crippen LogP) is 2.89. The second kappa shape index (κ2) is 9.85. The molecule has 0 radical (unpaired) electrons. The lowest BCUT2D eigenvalue weighted by Crippen LogP contribution is -2.44. The fourth-order valence-corrected chi connectivity index (χ4v) is 4.64. The van der Waals surface area contributed by atoms with Crippen molar-refractivity contribution in [2.24, 2.45) is 0 Å². The number of alkyl carbamates (subject to hydrolysis) is 1. The number of carbonyl (C=O) groups is 3. The summed E-state index contributed by atoms with van der Waals surface area (Å²) in [6, 6.07) is 18.2. The van der Waals surface area contributed by atoms with Gasteiger partial charge in [-0.05, 0) is 33.7 Å². The van der Waals surface area contributed by atoms with Crippen molar-refractivity contribution < 1.29 is 29.3 Å². The van der Waals surface area contributed by atoms with E-state index in [0.717, 1.165) is 22.3 Å². The van der Waals surface area contributed by atoms with Crippen LogP contribution in [0.15, 0.2) is 66.0 Å². The minimum Gasteiger partial charge on any atom is -0.479 e. The fourth-order valence-electron chi connectivity index (χ4n) is 3.87. The zero-order valence-corrected chi connectivity index (χ0v) is 18.2. The van der Waals surface area contributed by atoms with E-state index in [1.165, 1.54) is 11.3 Å². The van der Waals surface area contributed by atoms with Crippen molar-refractivity contribution >= 4 is 29.3 Å². The summed E-state index contributed by atoms with van der Waals surface area (Å²) >= 11 is 1.26. The van der Waals surface area contributed by atoms with Crippen LogP contribution in [0.4, 0.5) is 4.79 Å². The highest BCUT2D eigenvalue weighted by molar-refractivity contribution is 7.10. The molecular formula is C24H22N2O6S. The van der Waals surface area contributed by atoms with Gasteiger partial charge in [-0.15, -0.1) is 11.3 Å². The number of aliphatic hydroxyl groups excluding tert-OH is 1. The van der Waals surface area contributed by atoms with Gasteiger partial charge < -0.3 is 25.6 Å². The van der Waals surface area contributed by atoms with Crippen LogP contribution in [0.25, 0.3) is 11.1 Å². The molecule has 3 aromatic rings. The van der Waals surface area contributed by atoms with Crippen molar-refractivity contribution in [2.75, 3.05) is 13.2 Å². The summed E-state index contributed by atoms with van der Waals surface area (Å²) in [6.45, 7) is -0.390. The summed E-state index contributed by atoms with van der Waals surface area (Å²) in [7, 11) is 0. The Bertz CT molecular complexity index is 1120. The Morgan fingerprint density at radius 3 is 2.18 bits per heavy atom. The maximum Gasteiger partial charge on any atom is 0.408 e. The third kappa shape index (κ3) is 4.89. The molecule has 0 saturated carbocycles. The Labute approximate surface area is 193 Å². The molecule has 0 aliphatic heterocycles. The van der Waals surface area contributed by atoms with E-state index in [1.54, 1.807) is 17.5 Å². The van der Waals surface area contributed by atoms with E-state index in [9.17, 15) is 19.5 Å². The number of carboxylic acids is 1. The Hall–Kier alpha value is -3.69. The lowest BCUT2D eigenvalue weighted by Gasteiger charge is -2.19. The first-order valence-corrected chi connectivity index (χ1v) is 11.2. The van der Waals surface area contributed by atoms with E-state index in [2.05, 4.69) is 10.6 Å². The first-order valence-electron chi connectivity index (χ1n) is 10.3. The van der Waals surface area contributed by atoms with Crippen molar-refractivity contribution in [1.82, 2.24) is 10.6 Å². The predicted molar refractivity (Wildman–Crippen MR) is 122 cm³/mol. The highest BCUT2D eigenvalue weighted by atomic mass is 32.1. The molecule has 1 aliphatic rings. The lowest BCUT2D eigenvalue weighted by atomic mass is 9.98. The van der Waals surface area contributed by atoms with E-state index in [4.69, 9.17) is 9.84 Å². The van der Waals surface area contributed by atoms with Crippen LogP contribution < -0.4 is 10.6 Å². The molecule has 1 aromatic heterocycles. The number of rotatable bonds is 8. The fraction of sp³-hybridized carbons (Fsp3) is 0.208. The molecule has 0 saturated heterocycles. The summed E-state index contributed by atoms with van der Waals surface area (Å²) in [4.78, 5) is 36.6. The maximum absolute atomic E-state index is 12.6. The van der Waals surface area contributed by atoms with Crippen LogP contribution in [0.2, 0.25) is 0 Å². The number of aliphatic hydroxyl groups is 1. The third-order valence-electron chi connectivity index (χ3n) is 5.45. The number of ether oxygens (including phenoxy) is 1. The Morgan fingerprint density at radius 2 is 1.61 bits per heavy atom. The SMILES string of the molecule is O=C(NC(C(=O)NCC(O)C(=O)O)c1cccs1)OCC1c2ccccc2-c2ccccc21. The van der Waals surface area contributed by atoms with Gasteiger partial charge in [-0.2, -0.15) is 0 Å². The van der Waals surface area contributed by atoms with E-state index in [0.29, 0.717) is 4.88 Å². The average Bonchev–Trinajstić information content (AvgIpc) is 3.46. The number of carbonyl (C=O) groups excluding carboxylic acids is 2. The number of nitrogens with one attached hydrogen (secondary N) is 2. The molecule has 2 amide bonds. The van der Waals surface area contributed by atoms with Gasteiger partial charge in [0.05, 0.1) is 6.54 Å². The molecule has 2 unspecified atom stereocenters. The molecule has 2 aromatic carbocycles. The van der Waals surface area contributed by atoms with Gasteiger partial charge in [0.2, 0.25) is 5.91 Å². The summed E-state index contributed by atoms with van der Waals surface area (Å²) in [6.07, 6.45) is -2.52. The van der Waals surface area contributed by atoms with Gasteiger partial charge in [0, 0.05) is 10.8 Å². The van der Waals surface area contributed by atoms with E-state index in [1.807, 2.05) is 48.5 Å². The molecule has 4 N–H and O–H groups in total. The van der Waals surface area contributed by atoms with Gasteiger partial charge in [-0.1, -0.05) is 54.6 Å². The number of fused-ring (bicyclic) bond motifs is 3. The second-order valence-electron chi connectivity index (χ2n) is 7.52. The van der Waals surface area contributed by atoms with E-state index >= 15 is 0 Å². The quantitative estimate of drug-likeness (QED) is 0.405. The molecular weight excluding hydrogens is 444 g/mol. The van der Waals surface area contributed by atoms with Crippen molar-refractivity contribution in [3.05, 3.63) is 82.0 Å². The van der Waals surface area contributed by atoms with Crippen LogP contribution in [0.3, 0.4) is 0 Å². The molecule has 8 nitrogen and oxygen atoms in total. The van der Waals surface area contributed by atoms with Gasteiger partial charge in [0.1, 0.15) is 12.6 Å². The van der Waals surface area contributed by atoms with Gasteiger partial charge in [0.25, 0.3) is 0 Å². The maximum atomic E-state index is 12.6. The lowest BCUT2D eigenvalue weighted by molar-refractivity contribution is -0.146. The van der Waals surface area contributed by atoms with E-state index < -0.39 is 36.7 Å². The topological polar surface area (TPSA) is 125 Å². The van der Waals surface area contributed by atoms with Crippen molar-refractivity contribution in [3.8, 4) is 11.1 Å². The second-order valence-corrected chi connectivity index (χ2v) is 8.50. The number of benzene rings is 2. The van der Waals surface area contributed by atoms with Crippen molar-refractivity contribution in [1.29, 1.82) is 0 Å². The number of amides is 2. The smallest absolute Gasteiger partial charge is 0.408 e. The molecule has 1 heterocycles. The normalized spacial score (nSPS) is 14.0. The largest absolute Gasteiger partial charge is 0.479 e. The minimum absolute atomic E-state index is 0.0936. The zero-order valence-electron chi connectivity index (χ0n) is 17.4. The van der Waals surface area contributed by atoms with Crippen molar-refractivity contribution in [3.63, 3.8) is 0 Å².